The van der Waals surface area contributed by atoms with Gasteiger partial charge in [-0.1, -0.05) is 60.7 Å². The molecule has 136 valence electrons. The van der Waals surface area contributed by atoms with Gasteiger partial charge in [0.1, 0.15) is 0 Å². The second-order valence-corrected chi connectivity index (χ2v) is 6.28. The van der Waals surface area contributed by atoms with E-state index in [1.165, 1.54) is 0 Å². The van der Waals surface area contributed by atoms with E-state index in [9.17, 15) is 9.59 Å². The molecule has 0 atom stereocenters. The number of carbonyl (C=O) groups is 2. The van der Waals surface area contributed by atoms with E-state index in [0.717, 1.165) is 27.9 Å². The molecule has 0 saturated heterocycles. The van der Waals surface area contributed by atoms with Gasteiger partial charge in [-0.15, -0.1) is 0 Å². The van der Waals surface area contributed by atoms with Gasteiger partial charge in [0, 0.05) is 5.69 Å². The number of amides is 1. The summed E-state index contributed by atoms with van der Waals surface area (Å²) in [5, 5.41) is 2.79. The molecule has 0 fully saturated rings. The van der Waals surface area contributed by atoms with Crippen LogP contribution in [0.4, 0.5) is 5.69 Å². The van der Waals surface area contributed by atoms with Crippen LogP contribution in [-0.4, -0.2) is 18.5 Å². The van der Waals surface area contributed by atoms with Crippen molar-refractivity contribution in [2.45, 2.75) is 13.8 Å². The maximum Gasteiger partial charge on any atom is 0.339 e. The predicted octanol–water partition coefficient (Wildman–Crippen LogP) is 4.77. The Kier molecular flexibility index (Phi) is 5.67. The van der Waals surface area contributed by atoms with Gasteiger partial charge >= 0.3 is 5.97 Å². The molecule has 0 aliphatic rings. The smallest absolute Gasteiger partial charge is 0.339 e. The largest absolute Gasteiger partial charge is 0.452 e. The van der Waals surface area contributed by atoms with Crippen LogP contribution in [0.2, 0.25) is 0 Å². The fraction of sp³-hybridized carbons (Fsp3) is 0.130. The number of ether oxygens (including phenoxy) is 1. The van der Waals surface area contributed by atoms with Gasteiger partial charge < -0.3 is 10.1 Å². The van der Waals surface area contributed by atoms with E-state index in [0.29, 0.717) is 5.56 Å². The van der Waals surface area contributed by atoms with Gasteiger partial charge in [0.25, 0.3) is 5.91 Å². The minimum atomic E-state index is -0.523. The van der Waals surface area contributed by atoms with Crippen LogP contribution in [-0.2, 0) is 9.53 Å². The van der Waals surface area contributed by atoms with Gasteiger partial charge in [-0.3, -0.25) is 4.79 Å². The van der Waals surface area contributed by atoms with Crippen molar-refractivity contribution in [3.63, 3.8) is 0 Å². The summed E-state index contributed by atoms with van der Waals surface area (Å²) in [5.74, 6) is -0.889. The molecule has 0 aliphatic heterocycles. The molecule has 1 N–H and O–H groups in total. The number of rotatable bonds is 5. The van der Waals surface area contributed by atoms with E-state index < -0.39 is 5.97 Å². The van der Waals surface area contributed by atoms with Crippen LogP contribution in [0, 0.1) is 13.8 Å². The number of benzene rings is 3. The highest BCUT2D eigenvalue weighted by Crippen LogP contribution is 2.24. The number of hydrogen-bond acceptors (Lipinski definition) is 3. The number of carbonyl (C=O) groups excluding carboxylic acids is 2. The predicted molar refractivity (Wildman–Crippen MR) is 107 cm³/mol. The minimum absolute atomic E-state index is 0.338. The summed E-state index contributed by atoms with van der Waals surface area (Å²) in [5.41, 5.74) is 4.93. The molecular formula is C23H21NO3. The van der Waals surface area contributed by atoms with Gasteiger partial charge in [-0.05, 0) is 48.2 Å². The van der Waals surface area contributed by atoms with Crippen molar-refractivity contribution in [1.29, 1.82) is 0 Å². The maximum atomic E-state index is 12.5. The highest BCUT2D eigenvalue weighted by Gasteiger charge is 2.15. The summed E-state index contributed by atoms with van der Waals surface area (Å²) in [4.78, 5) is 24.7. The third-order valence-electron chi connectivity index (χ3n) is 4.44. The maximum absolute atomic E-state index is 12.5. The lowest BCUT2D eigenvalue weighted by molar-refractivity contribution is -0.119. The Morgan fingerprint density at radius 3 is 2.33 bits per heavy atom. The molecule has 3 aromatic rings. The van der Waals surface area contributed by atoms with Crippen LogP contribution >= 0.6 is 0 Å². The lowest BCUT2D eigenvalue weighted by atomic mass is 10.00. The average molecular weight is 359 g/mol. The first kappa shape index (κ1) is 18.4. The van der Waals surface area contributed by atoms with Gasteiger partial charge in [-0.25, -0.2) is 4.79 Å². The first-order valence-electron chi connectivity index (χ1n) is 8.74. The van der Waals surface area contributed by atoms with Crippen molar-refractivity contribution >= 4 is 17.6 Å². The van der Waals surface area contributed by atoms with E-state index in [-0.39, 0.29) is 12.5 Å². The van der Waals surface area contributed by atoms with Gasteiger partial charge in [0.05, 0.1) is 5.56 Å². The number of hydrogen-bond donors (Lipinski definition) is 1. The lowest BCUT2D eigenvalue weighted by Gasteiger charge is -2.12. The third kappa shape index (κ3) is 4.42. The Morgan fingerprint density at radius 2 is 1.56 bits per heavy atom. The van der Waals surface area contributed by atoms with Crippen molar-refractivity contribution in [2.24, 2.45) is 0 Å². The molecule has 3 rings (SSSR count). The summed E-state index contributed by atoms with van der Waals surface area (Å²) in [6.45, 7) is 3.58. The molecule has 4 nitrogen and oxygen atoms in total. The van der Waals surface area contributed by atoms with Gasteiger partial charge in [0.15, 0.2) is 6.61 Å². The Labute approximate surface area is 158 Å². The summed E-state index contributed by atoms with van der Waals surface area (Å²) in [6, 6.07) is 22.5. The van der Waals surface area contributed by atoms with Crippen LogP contribution in [0.1, 0.15) is 21.5 Å². The van der Waals surface area contributed by atoms with Crippen LogP contribution in [0.15, 0.2) is 72.8 Å². The van der Waals surface area contributed by atoms with Gasteiger partial charge in [-0.2, -0.15) is 0 Å². The van der Waals surface area contributed by atoms with E-state index in [1.807, 2.05) is 74.5 Å². The van der Waals surface area contributed by atoms with Crippen LogP contribution in [0.5, 0.6) is 0 Å². The second-order valence-electron chi connectivity index (χ2n) is 6.28. The zero-order valence-electron chi connectivity index (χ0n) is 15.4. The fourth-order valence-corrected chi connectivity index (χ4v) is 2.81. The van der Waals surface area contributed by atoms with E-state index >= 15 is 0 Å². The third-order valence-corrected chi connectivity index (χ3v) is 4.44. The van der Waals surface area contributed by atoms with Crippen LogP contribution < -0.4 is 5.32 Å². The molecule has 0 radical (unpaired) electrons. The van der Waals surface area contributed by atoms with Crippen LogP contribution in [0.25, 0.3) is 11.1 Å². The fourth-order valence-electron chi connectivity index (χ4n) is 2.81. The van der Waals surface area contributed by atoms with Crippen molar-refractivity contribution in [1.82, 2.24) is 0 Å². The van der Waals surface area contributed by atoms with Crippen LogP contribution in [0.3, 0.4) is 0 Å². The van der Waals surface area contributed by atoms with E-state index in [4.69, 9.17) is 4.74 Å². The molecule has 0 saturated carbocycles. The first-order valence-corrected chi connectivity index (χ1v) is 8.74. The minimum Gasteiger partial charge on any atom is -0.452 e. The second kappa shape index (κ2) is 8.32. The Morgan fingerprint density at radius 1 is 0.852 bits per heavy atom. The highest BCUT2D eigenvalue weighted by molar-refractivity contribution is 5.99. The molecule has 0 heterocycles. The topological polar surface area (TPSA) is 55.4 Å². The molecule has 3 aromatic carbocycles. The lowest BCUT2D eigenvalue weighted by Crippen LogP contribution is -2.21. The van der Waals surface area contributed by atoms with Crippen molar-refractivity contribution in [2.75, 3.05) is 11.9 Å². The molecule has 0 unspecified atom stereocenters. The average Bonchev–Trinajstić information content (AvgIpc) is 2.70. The molecule has 27 heavy (non-hydrogen) atoms. The SMILES string of the molecule is Cc1cccc(NC(=O)COC(=O)c2ccccc2-c2ccccc2)c1C. The summed E-state index contributed by atoms with van der Waals surface area (Å²) >= 11 is 0. The quantitative estimate of drug-likeness (QED) is 0.668. The molecule has 0 bridgehead atoms. The molecule has 1 amide bonds. The molecular weight excluding hydrogens is 338 g/mol. The van der Waals surface area contributed by atoms with E-state index in [1.54, 1.807) is 12.1 Å². The zero-order valence-corrected chi connectivity index (χ0v) is 15.4. The monoisotopic (exact) mass is 359 g/mol. The summed E-state index contributed by atoms with van der Waals surface area (Å²) in [6.07, 6.45) is 0. The van der Waals surface area contributed by atoms with Crippen molar-refractivity contribution in [3.05, 3.63) is 89.5 Å². The van der Waals surface area contributed by atoms with Crippen molar-refractivity contribution < 1.29 is 14.3 Å². The number of esters is 1. The summed E-state index contributed by atoms with van der Waals surface area (Å²) < 4.78 is 5.24. The van der Waals surface area contributed by atoms with Crippen molar-refractivity contribution in [3.8, 4) is 11.1 Å². The zero-order chi connectivity index (χ0) is 19.2. The highest BCUT2D eigenvalue weighted by atomic mass is 16.5. The van der Waals surface area contributed by atoms with Gasteiger partial charge in [0.2, 0.25) is 0 Å². The standard InChI is InChI=1S/C23H21NO3/c1-16-9-8-14-21(17(16)2)24-22(25)15-27-23(26)20-13-7-6-12-19(20)18-10-4-3-5-11-18/h3-14H,15H2,1-2H3,(H,24,25). The molecule has 0 aromatic heterocycles. The Bertz CT molecular complexity index is 964. The Balaban J connectivity index is 1.68. The number of aryl methyl sites for hydroxylation is 1. The Hall–Kier alpha value is -3.40. The molecule has 0 aliphatic carbocycles. The van der Waals surface area contributed by atoms with E-state index in [2.05, 4.69) is 5.32 Å². The molecule has 4 heteroatoms. The number of nitrogens with one attached hydrogen (secondary N) is 1. The molecule has 0 spiro atoms. The summed E-state index contributed by atoms with van der Waals surface area (Å²) in [7, 11) is 0. The normalized spacial score (nSPS) is 10.3. The first-order chi connectivity index (χ1) is 13.1. The number of anilines is 1.